The summed E-state index contributed by atoms with van der Waals surface area (Å²) < 4.78 is 5.47. The molecule has 0 radical (unpaired) electrons. The van der Waals surface area contributed by atoms with Crippen molar-refractivity contribution in [2.24, 2.45) is 5.73 Å². The third-order valence-electron chi connectivity index (χ3n) is 3.01. The average molecular weight is 292 g/mol. The smallest absolute Gasteiger partial charge is 0.268 e. The monoisotopic (exact) mass is 291 g/mol. The summed E-state index contributed by atoms with van der Waals surface area (Å²) in [7, 11) is 0. The highest BCUT2D eigenvalue weighted by molar-refractivity contribution is 6.41. The van der Waals surface area contributed by atoms with Crippen molar-refractivity contribution in [1.82, 2.24) is 10.3 Å². The molecule has 3 atom stereocenters. The van der Waals surface area contributed by atoms with Crippen molar-refractivity contribution in [2.75, 3.05) is 6.61 Å². The van der Waals surface area contributed by atoms with E-state index >= 15 is 0 Å². The van der Waals surface area contributed by atoms with Gasteiger partial charge in [-0.3, -0.25) is 4.79 Å². The van der Waals surface area contributed by atoms with Crippen molar-refractivity contribution in [1.29, 1.82) is 0 Å². The van der Waals surface area contributed by atoms with E-state index in [0.29, 0.717) is 17.3 Å². The number of aromatic amines is 1. The zero-order valence-electron chi connectivity index (χ0n) is 9.87. The number of rotatable bonds is 4. The summed E-state index contributed by atoms with van der Waals surface area (Å²) in [5.41, 5.74) is 6.17. The van der Waals surface area contributed by atoms with Crippen molar-refractivity contribution >= 4 is 29.1 Å². The Bertz CT molecular complexity index is 428. The molecule has 0 saturated heterocycles. The van der Waals surface area contributed by atoms with Gasteiger partial charge in [-0.05, 0) is 19.4 Å². The summed E-state index contributed by atoms with van der Waals surface area (Å²) in [6, 6.07) is 1.24. The molecular weight excluding hydrogens is 277 g/mol. The van der Waals surface area contributed by atoms with E-state index in [0.717, 1.165) is 6.42 Å². The van der Waals surface area contributed by atoms with Gasteiger partial charge in [0.05, 0.1) is 17.2 Å². The van der Waals surface area contributed by atoms with Gasteiger partial charge in [0.15, 0.2) is 0 Å². The number of halogens is 2. The number of nitrogens with two attached hydrogens (primary N) is 1. The van der Waals surface area contributed by atoms with Crippen LogP contribution in [0.25, 0.3) is 0 Å². The van der Waals surface area contributed by atoms with Gasteiger partial charge in [0.25, 0.3) is 5.91 Å². The van der Waals surface area contributed by atoms with Crippen LogP contribution in [0.5, 0.6) is 0 Å². The van der Waals surface area contributed by atoms with E-state index in [1.807, 2.05) is 6.92 Å². The highest BCUT2D eigenvalue weighted by atomic mass is 35.5. The molecule has 0 spiro atoms. The van der Waals surface area contributed by atoms with Gasteiger partial charge in [-0.1, -0.05) is 23.2 Å². The molecule has 1 heterocycles. The molecule has 3 unspecified atom stereocenters. The van der Waals surface area contributed by atoms with Crippen LogP contribution in [0.1, 0.15) is 23.8 Å². The summed E-state index contributed by atoms with van der Waals surface area (Å²) in [6.07, 6.45) is 0.736. The number of carbonyl (C=O) groups is 1. The second-order valence-electron chi connectivity index (χ2n) is 4.24. The maximum absolute atomic E-state index is 11.9. The first-order chi connectivity index (χ1) is 8.52. The summed E-state index contributed by atoms with van der Waals surface area (Å²) in [4.78, 5) is 14.6. The van der Waals surface area contributed by atoms with Crippen molar-refractivity contribution in [3.63, 3.8) is 0 Å². The van der Waals surface area contributed by atoms with Crippen molar-refractivity contribution < 1.29 is 9.53 Å². The molecule has 1 fully saturated rings. The van der Waals surface area contributed by atoms with E-state index in [1.165, 1.54) is 6.07 Å². The normalized spacial score (nSPS) is 26.8. The zero-order chi connectivity index (χ0) is 13.3. The minimum absolute atomic E-state index is 0.0187. The average Bonchev–Trinajstić information content (AvgIpc) is 2.66. The van der Waals surface area contributed by atoms with Gasteiger partial charge < -0.3 is 20.8 Å². The molecule has 0 aromatic carbocycles. The molecular formula is C11H15Cl2N3O2. The van der Waals surface area contributed by atoms with E-state index < -0.39 is 0 Å². The molecule has 1 amide bonds. The Balaban J connectivity index is 1.98. The van der Waals surface area contributed by atoms with Gasteiger partial charge in [0.2, 0.25) is 0 Å². The Morgan fingerprint density at radius 3 is 2.89 bits per heavy atom. The van der Waals surface area contributed by atoms with Crippen LogP contribution in [0.4, 0.5) is 0 Å². The Kier molecular flexibility index (Phi) is 4.17. The largest absolute Gasteiger partial charge is 0.376 e. The third-order valence-corrected chi connectivity index (χ3v) is 3.71. The molecule has 2 rings (SSSR count). The first-order valence-corrected chi connectivity index (χ1v) is 6.50. The number of amides is 1. The van der Waals surface area contributed by atoms with Gasteiger partial charge >= 0.3 is 0 Å². The fraction of sp³-hybridized carbons (Fsp3) is 0.545. The number of nitrogens with one attached hydrogen (secondary N) is 2. The van der Waals surface area contributed by atoms with E-state index in [1.54, 1.807) is 0 Å². The van der Waals surface area contributed by atoms with E-state index in [4.69, 9.17) is 33.7 Å². The number of ether oxygens (including phenoxy) is 1. The Morgan fingerprint density at radius 2 is 2.39 bits per heavy atom. The standard InChI is InChI=1S/C11H15Cl2N3O2/c1-2-18-8-4-6(14)9(8)16-11(17)7-3-5(12)10(13)15-7/h3,6,8-9,15H,2,4,14H2,1H3,(H,16,17). The lowest BCUT2D eigenvalue weighted by molar-refractivity contribution is -0.0300. The van der Waals surface area contributed by atoms with Crippen LogP contribution in [-0.2, 0) is 4.74 Å². The van der Waals surface area contributed by atoms with Gasteiger partial charge in [-0.15, -0.1) is 0 Å². The van der Waals surface area contributed by atoms with E-state index in [9.17, 15) is 4.79 Å². The van der Waals surface area contributed by atoms with Crippen LogP contribution >= 0.6 is 23.2 Å². The molecule has 4 N–H and O–H groups in total. The van der Waals surface area contributed by atoms with Crippen LogP contribution in [-0.4, -0.2) is 35.7 Å². The summed E-state index contributed by atoms with van der Waals surface area (Å²) >= 11 is 11.5. The molecule has 0 aliphatic heterocycles. The lowest BCUT2D eigenvalue weighted by Gasteiger charge is -2.42. The predicted octanol–water partition coefficient (Wildman–Crippen LogP) is 1.56. The molecule has 18 heavy (non-hydrogen) atoms. The molecule has 1 aliphatic rings. The quantitative estimate of drug-likeness (QED) is 0.787. The van der Waals surface area contributed by atoms with Crippen molar-refractivity contribution in [3.8, 4) is 0 Å². The van der Waals surface area contributed by atoms with Crippen LogP contribution in [0.15, 0.2) is 6.07 Å². The fourth-order valence-corrected chi connectivity index (χ4v) is 2.30. The van der Waals surface area contributed by atoms with Gasteiger partial charge in [0.1, 0.15) is 10.8 Å². The number of aromatic nitrogens is 1. The first-order valence-electron chi connectivity index (χ1n) is 5.75. The van der Waals surface area contributed by atoms with Crippen LogP contribution in [0, 0.1) is 0 Å². The Morgan fingerprint density at radius 1 is 1.67 bits per heavy atom. The summed E-state index contributed by atoms with van der Waals surface area (Å²) in [6.45, 7) is 2.51. The number of H-pyrrole nitrogens is 1. The maximum Gasteiger partial charge on any atom is 0.268 e. The van der Waals surface area contributed by atoms with Crippen LogP contribution < -0.4 is 11.1 Å². The van der Waals surface area contributed by atoms with Gasteiger partial charge in [0, 0.05) is 12.6 Å². The maximum atomic E-state index is 11.9. The minimum atomic E-state index is -0.284. The van der Waals surface area contributed by atoms with Gasteiger partial charge in [-0.25, -0.2) is 0 Å². The zero-order valence-corrected chi connectivity index (χ0v) is 11.4. The van der Waals surface area contributed by atoms with Crippen molar-refractivity contribution in [2.45, 2.75) is 31.5 Å². The van der Waals surface area contributed by atoms with E-state index in [-0.39, 0.29) is 29.2 Å². The third kappa shape index (κ3) is 2.64. The second-order valence-corrected chi connectivity index (χ2v) is 5.02. The van der Waals surface area contributed by atoms with E-state index in [2.05, 4.69) is 10.3 Å². The van der Waals surface area contributed by atoms with Crippen molar-refractivity contribution in [3.05, 3.63) is 21.9 Å². The number of carbonyl (C=O) groups excluding carboxylic acids is 1. The molecule has 1 aromatic heterocycles. The second kappa shape index (κ2) is 5.48. The molecule has 5 nitrogen and oxygen atoms in total. The molecule has 0 bridgehead atoms. The van der Waals surface area contributed by atoms with Crippen LogP contribution in [0.3, 0.4) is 0 Å². The highest BCUT2D eigenvalue weighted by Crippen LogP contribution is 2.24. The molecule has 1 aromatic rings. The summed E-state index contributed by atoms with van der Waals surface area (Å²) in [5, 5.41) is 3.39. The molecule has 1 saturated carbocycles. The predicted molar refractivity (Wildman–Crippen MR) is 70.1 cm³/mol. The summed E-state index contributed by atoms with van der Waals surface area (Å²) in [5.74, 6) is -0.284. The lowest BCUT2D eigenvalue weighted by atomic mass is 9.83. The number of hydrogen-bond acceptors (Lipinski definition) is 3. The number of hydrogen-bond donors (Lipinski definition) is 3. The van der Waals surface area contributed by atoms with Gasteiger partial charge in [-0.2, -0.15) is 0 Å². The molecule has 100 valence electrons. The SMILES string of the molecule is CCOC1CC(N)C1NC(=O)c1cc(Cl)c(Cl)[nH]1. The fourth-order valence-electron chi connectivity index (χ4n) is 1.98. The van der Waals surface area contributed by atoms with Crippen LogP contribution in [0.2, 0.25) is 10.2 Å². The Labute approximate surface area is 115 Å². The lowest BCUT2D eigenvalue weighted by Crippen LogP contribution is -2.64. The molecule has 7 heteroatoms. The first kappa shape index (κ1) is 13.7. The Hall–Kier alpha value is -0.750. The minimum Gasteiger partial charge on any atom is -0.376 e. The topological polar surface area (TPSA) is 80.1 Å². The molecule has 1 aliphatic carbocycles. The highest BCUT2D eigenvalue weighted by Gasteiger charge is 2.40.